The highest BCUT2D eigenvalue weighted by Crippen LogP contribution is 2.49. The molecule has 1 fully saturated rings. The molecule has 0 bridgehead atoms. The van der Waals surface area contributed by atoms with Crippen LogP contribution in [-0.4, -0.2) is 52.0 Å². The van der Waals surface area contributed by atoms with Crippen LogP contribution in [0.4, 0.5) is 0 Å². The van der Waals surface area contributed by atoms with Gasteiger partial charge in [0.15, 0.2) is 0 Å². The standard InChI is InChI=1S/C22H24N6O3S2/c1-11-3-4-13(25-11)18-12(22(5-6-22)28-20(18)31)7-16(29)24-8-17-26-15(10-32-17)21-27-14(9-33-21)19(30)23-2/h9-11H,3-8H2,1-2H3,(H,23,30)(H,24,29)(H,28,31)/t11-/m0/s1. The molecule has 0 aromatic carbocycles. The highest BCUT2D eigenvalue weighted by Gasteiger charge is 2.54. The molecule has 2 aliphatic heterocycles. The van der Waals surface area contributed by atoms with Gasteiger partial charge in [0.2, 0.25) is 5.91 Å². The molecule has 2 aromatic rings. The van der Waals surface area contributed by atoms with Crippen LogP contribution in [0.3, 0.4) is 0 Å². The minimum atomic E-state index is -0.347. The number of thiazole rings is 2. The molecular weight excluding hydrogens is 460 g/mol. The van der Waals surface area contributed by atoms with Crippen LogP contribution in [0.15, 0.2) is 26.9 Å². The van der Waals surface area contributed by atoms with E-state index in [0.717, 1.165) is 42.0 Å². The summed E-state index contributed by atoms with van der Waals surface area (Å²) in [6.07, 6.45) is 3.65. The number of nitrogens with zero attached hydrogens (tertiary/aromatic N) is 3. The van der Waals surface area contributed by atoms with Crippen LogP contribution in [-0.2, 0) is 16.1 Å². The van der Waals surface area contributed by atoms with Gasteiger partial charge >= 0.3 is 0 Å². The van der Waals surface area contributed by atoms with Crippen molar-refractivity contribution in [3.8, 4) is 10.7 Å². The zero-order valence-electron chi connectivity index (χ0n) is 18.4. The van der Waals surface area contributed by atoms with Gasteiger partial charge in [-0.25, -0.2) is 9.97 Å². The molecule has 0 saturated heterocycles. The molecule has 33 heavy (non-hydrogen) atoms. The molecular formula is C22H24N6O3S2. The predicted octanol–water partition coefficient (Wildman–Crippen LogP) is 2.21. The predicted molar refractivity (Wildman–Crippen MR) is 126 cm³/mol. The first-order chi connectivity index (χ1) is 15.9. The summed E-state index contributed by atoms with van der Waals surface area (Å²) in [5.74, 6) is -0.461. The summed E-state index contributed by atoms with van der Waals surface area (Å²) >= 11 is 2.78. The Balaban J connectivity index is 1.25. The average molecular weight is 485 g/mol. The molecule has 0 radical (unpaired) electrons. The van der Waals surface area contributed by atoms with Crippen molar-refractivity contribution in [1.29, 1.82) is 0 Å². The molecule has 0 unspecified atom stereocenters. The molecule has 4 heterocycles. The monoisotopic (exact) mass is 484 g/mol. The van der Waals surface area contributed by atoms with E-state index >= 15 is 0 Å². The summed E-state index contributed by atoms with van der Waals surface area (Å²) < 4.78 is 0. The summed E-state index contributed by atoms with van der Waals surface area (Å²) in [5, 5.41) is 13.6. The highest BCUT2D eigenvalue weighted by atomic mass is 32.1. The zero-order chi connectivity index (χ0) is 23.2. The van der Waals surface area contributed by atoms with Crippen molar-refractivity contribution >= 4 is 46.1 Å². The Morgan fingerprint density at radius 2 is 2.06 bits per heavy atom. The Hall–Kier alpha value is -2.92. The topological polar surface area (TPSA) is 125 Å². The van der Waals surface area contributed by atoms with Gasteiger partial charge in [-0.15, -0.1) is 22.7 Å². The number of nitrogens with one attached hydrogen (secondary N) is 3. The number of aliphatic imine (C=N–C) groups is 1. The third-order valence-corrected chi connectivity index (χ3v) is 7.90. The van der Waals surface area contributed by atoms with E-state index < -0.39 is 0 Å². The van der Waals surface area contributed by atoms with Crippen molar-refractivity contribution in [1.82, 2.24) is 25.9 Å². The van der Waals surface area contributed by atoms with Crippen LogP contribution in [0.1, 0.15) is 54.5 Å². The molecule has 2 aromatic heterocycles. The Kier molecular flexibility index (Phi) is 5.61. The van der Waals surface area contributed by atoms with Gasteiger partial charge in [-0.3, -0.25) is 19.4 Å². The molecule has 172 valence electrons. The van der Waals surface area contributed by atoms with Crippen LogP contribution in [0, 0.1) is 0 Å². The van der Waals surface area contributed by atoms with Gasteiger partial charge in [-0.05, 0) is 38.2 Å². The third kappa shape index (κ3) is 4.22. The van der Waals surface area contributed by atoms with Crippen LogP contribution >= 0.6 is 22.7 Å². The van der Waals surface area contributed by atoms with E-state index in [1.165, 1.54) is 22.7 Å². The molecule has 3 N–H and O–H groups in total. The van der Waals surface area contributed by atoms with Crippen molar-refractivity contribution < 1.29 is 14.4 Å². The first-order valence-corrected chi connectivity index (χ1v) is 12.7. The first-order valence-electron chi connectivity index (χ1n) is 10.9. The Bertz CT molecular complexity index is 1210. The summed E-state index contributed by atoms with van der Waals surface area (Å²) in [4.78, 5) is 50.7. The van der Waals surface area contributed by atoms with E-state index in [1.54, 1.807) is 12.4 Å². The second kappa shape index (κ2) is 8.45. The van der Waals surface area contributed by atoms with E-state index in [2.05, 4.69) is 30.9 Å². The second-order valence-corrected chi connectivity index (χ2v) is 10.4. The van der Waals surface area contributed by atoms with Crippen LogP contribution < -0.4 is 16.0 Å². The fraction of sp³-hybridized carbons (Fsp3) is 0.455. The van der Waals surface area contributed by atoms with Crippen LogP contribution in [0.2, 0.25) is 0 Å². The van der Waals surface area contributed by atoms with Crippen molar-refractivity contribution in [2.24, 2.45) is 4.99 Å². The number of aromatic nitrogens is 2. The first kappa shape index (κ1) is 21.9. The van der Waals surface area contributed by atoms with E-state index in [4.69, 9.17) is 0 Å². The van der Waals surface area contributed by atoms with Gasteiger partial charge in [0.1, 0.15) is 21.4 Å². The van der Waals surface area contributed by atoms with Gasteiger partial charge in [-0.1, -0.05) is 0 Å². The Morgan fingerprint density at radius 1 is 1.24 bits per heavy atom. The van der Waals surface area contributed by atoms with Gasteiger partial charge in [0.25, 0.3) is 11.8 Å². The molecule has 5 rings (SSSR count). The maximum Gasteiger partial charge on any atom is 0.270 e. The lowest BCUT2D eigenvalue weighted by Gasteiger charge is -2.13. The average Bonchev–Trinajstić information content (AvgIpc) is 3.23. The number of amides is 3. The van der Waals surface area contributed by atoms with Crippen LogP contribution in [0.25, 0.3) is 10.7 Å². The smallest absolute Gasteiger partial charge is 0.270 e. The second-order valence-electron chi connectivity index (χ2n) is 8.55. The number of rotatable bonds is 7. The summed E-state index contributed by atoms with van der Waals surface area (Å²) in [6, 6.07) is 0.218. The number of carbonyl (C=O) groups is 3. The normalized spacial score (nSPS) is 20.7. The Morgan fingerprint density at radius 3 is 2.76 bits per heavy atom. The fourth-order valence-electron chi connectivity index (χ4n) is 4.29. The van der Waals surface area contributed by atoms with E-state index in [9.17, 15) is 14.4 Å². The minimum absolute atomic E-state index is 0.0905. The van der Waals surface area contributed by atoms with Crippen molar-refractivity contribution in [3.63, 3.8) is 0 Å². The quantitative estimate of drug-likeness (QED) is 0.556. The van der Waals surface area contributed by atoms with Gasteiger partial charge in [0, 0.05) is 29.6 Å². The minimum Gasteiger partial charge on any atom is -0.354 e. The molecule has 9 nitrogen and oxygen atoms in total. The lowest BCUT2D eigenvalue weighted by molar-refractivity contribution is -0.120. The third-order valence-electron chi connectivity index (χ3n) is 6.18. The number of hydrogen-bond acceptors (Lipinski definition) is 8. The molecule has 3 amide bonds. The van der Waals surface area contributed by atoms with Crippen molar-refractivity contribution in [2.75, 3.05) is 7.05 Å². The molecule has 1 spiro atoms. The summed E-state index contributed by atoms with van der Waals surface area (Å²) in [6.45, 7) is 2.35. The number of carbonyl (C=O) groups excluding carboxylic acids is 3. The van der Waals surface area contributed by atoms with Crippen LogP contribution in [0.5, 0.6) is 0 Å². The lowest BCUT2D eigenvalue weighted by atomic mass is 9.95. The SMILES string of the molecule is CNC(=O)c1csc(-c2csc(CNC(=O)CC3=C(C4=N[C@@H](C)CC4)C(=O)NC34CC4)n2)n1. The summed E-state index contributed by atoms with van der Waals surface area (Å²) in [7, 11) is 1.56. The van der Waals surface area contributed by atoms with Crippen molar-refractivity contribution in [2.45, 2.75) is 57.2 Å². The molecule has 1 aliphatic carbocycles. The molecule has 11 heteroatoms. The maximum atomic E-state index is 12.8. The molecule has 3 aliphatic rings. The summed E-state index contributed by atoms with van der Waals surface area (Å²) in [5.41, 5.74) is 3.07. The fourth-order valence-corrected chi connectivity index (χ4v) is 5.84. The van der Waals surface area contributed by atoms with E-state index in [-0.39, 0.29) is 35.7 Å². The number of hydrogen-bond donors (Lipinski definition) is 3. The largest absolute Gasteiger partial charge is 0.354 e. The van der Waals surface area contributed by atoms with Gasteiger partial charge in [-0.2, -0.15) is 0 Å². The zero-order valence-corrected chi connectivity index (χ0v) is 20.0. The van der Waals surface area contributed by atoms with Crippen molar-refractivity contribution in [3.05, 3.63) is 32.6 Å². The van der Waals surface area contributed by atoms with Gasteiger partial charge in [0.05, 0.1) is 24.1 Å². The van der Waals surface area contributed by atoms with E-state index in [1.807, 2.05) is 12.3 Å². The van der Waals surface area contributed by atoms with Gasteiger partial charge < -0.3 is 16.0 Å². The molecule has 1 saturated carbocycles. The maximum absolute atomic E-state index is 12.8. The molecule has 1 atom stereocenters. The van der Waals surface area contributed by atoms with E-state index in [0.29, 0.717) is 28.5 Å². The Labute approximate surface area is 198 Å². The lowest BCUT2D eigenvalue weighted by Crippen LogP contribution is -2.32. The highest BCUT2D eigenvalue weighted by molar-refractivity contribution is 7.14.